The van der Waals surface area contributed by atoms with E-state index in [2.05, 4.69) is 23.8 Å². The number of hydrogen-bond donors (Lipinski definition) is 0. The lowest BCUT2D eigenvalue weighted by Crippen LogP contribution is -2.21. The van der Waals surface area contributed by atoms with Crippen molar-refractivity contribution in [2.24, 2.45) is 5.92 Å². The Balaban J connectivity index is 2.82. The first kappa shape index (κ1) is 15.7. The lowest BCUT2D eigenvalue weighted by molar-refractivity contribution is 0.0961. The molecule has 0 aromatic carbocycles. The zero-order valence-electron chi connectivity index (χ0n) is 12.6. The molecule has 0 aliphatic heterocycles. The third-order valence-electron chi connectivity index (χ3n) is 3.00. The van der Waals surface area contributed by atoms with Gasteiger partial charge < -0.3 is 9.64 Å². The van der Waals surface area contributed by atoms with E-state index >= 15 is 0 Å². The molecule has 1 aromatic heterocycles. The molecule has 0 N–H and O–H groups in total. The minimum absolute atomic E-state index is 0.113. The fraction of sp³-hybridized carbons (Fsp3) is 0.714. The van der Waals surface area contributed by atoms with Crippen molar-refractivity contribution in [1.29, 1.82) is 0 Å². The zero-order valence-corrected chi connectivity index (χ0v) is 12.6. The van der Waals surface area contributed by atoms with E-state index in [4.69, 9.17) is 4.74 Å². The number of nitrogens with zero attached hydrogens (tertiary/aromatic N) is 3. The van der Waals surface area contributed by atoms with Crippen molar-refractivity contribution in [3.8, 4) is 5.75 Å². The predicted octanol–water partition coefficient (Wildman–Crippen LogP) is 2.07. The number of Topliss-reactive ketones (excluding diaryl/α,β-unsaturated/α-hetero) is 1. The van der Waals surface area contributed by atoms with E-state index in [1.165, 1.54) is 0 Å². The van der Waals surface area contributed by atoms with E-state index in [0.29, 0.717) is 30.3 Å². The molecule has 0 aliphatic carbocycles. The van der Waals surface area contributed by atoms with Gasteiger partial charge in [0.2, 0.25) is 0 Å². The number of methoxy groups -OCH3 is 1. The first-order valence-electron chi connectivity index (χ1n) is 6.73. The second kappa shape index (κ2) is 7.28. The standard InChI is InChI=1S/C14H25N3O2/c1-11(2)6-7-12(18)14-13(19-5)10-15-17(14)9-8-16(3)4/h10-11H,6-9H2,1-5H3. The molecule has 0 atom stereocenters. The van der Waals surface area contributed by atoms with E-state index in [1.807, 2.05) is 14.1 Å². The van der Waals surface area contributed by atoms with Crippen LogP contribution in [0.4, 0.5) is 0 Å². The molecule has 5 nitrogen and oxygen atoms in total. The summed E-state index contributed by atoms with van der Waals surface area (Å²) in [4.78, 5) is 14.4. The van der Waals surface area contributed by atoms with E-state index in [1.54, 1.807) is 18.0 Å². The van der Waals surface area contributed by atoms with Gasteiger partial charge in [0, 0.05) is 13.0 Å². The van der Waals surface area contributed by atoms with E-state index in [9.17, 15) is 4.79 Å². The minimum Gasteiger partial charge on any atom is -0.493 e. The Labute approximate surface area is 115 Å². The Morgan fingerprint density at radius 2 is 2.16 bits per heavy atom. The summed E-state index contributed by atoms with van der Waals surface area (Å²) in [6.07, 6.45) is 3.06. The molecule has 0 radical (unpaired) electrons. The molecule has 0 bridgehead atoms. The van der Waals surface area contributed by atoms with Crippen LogP contribution in [0, 0.1) is 5.92 Å². The summed E-state index contributed by atoms with van der Waals surface area (Å²) in [7, 11) is 5.58. The van der Waals surface area contributed by atoms with Gasteiger partial charge in [0.1, 0.15) is 5.69 Å². The second-order valence-electron chi connectivity index (χ2n) is 5.44. The topological polar surface area (TPSA) is 47.4 Å². The second-order valence-corrected chi connectivity index (χ2v) is 5.44. The van der Waals surface area contributed by atoms with Crippen LogP contribution in [0.5, 0.6) is 5.75 Å². The molecule has 1 rings (SSSR count). The van der Waals surface area contributed by atoms with Crippen molar-refractivity contribution in [3.63, 3.8) is 0 Å². The van der Waals surface area contributed by atoms with Crippen molar-refractivity contribution in [1.82, 2.24) is 14.7 Å². The van der Waals surface area contributed by atoms with Gasteiger partial charge in [-0.15, -0.1) is 0 Å². The van der Waals surface area contributed by atoms with Crippen LogP contribution in [0.1, 0.15) is 37.2 Å². The maximum atomic E-state index is 12.3. The Hall–Kier alpha value is -1.36. The van der Waals surface area contributed by atoms with Gasteiger partial charge in [-0.05, 0) is 26.4 Å². The van der Waals surface area contributed by atoms with Crippen LogP contribution in [0.25, 0.3) is 0 Å². The fourth-order valence-corrected chi connectivity index (χ4v) is 1.80. The molecule has 5 heteroatoms. The van der Waals surface area contributed by atoms with Crippen LogP contribution in [0.15, 0.2) is 6.20 Å². The van der Waals surface area contributed by atoms with Gasteiger partial charge in [-0.25, -0.2) is 0 Å². The average molecular weight is 267 g/mol. The highest BCUT2D eigenvalue weighted by Gasteiger charge is 2.19. The predicted molar refractivity (Wildman–Crippen MR) is 75.7 cm³/mol. The number of aromatic nitrogens is 2. The summed E-state index contributed by atoms with van der Waals surface area (Å²) in [5, 5.41) is 4.25. The molecule has 0 aliphatic rings. The van der Waals surface area contributed by atoms with Crippen molar-refractivity contribution in [2.45, 2.75) is 33.2 Å². The normalized spacial score (nSPS) is 11.3. The fourth-order valence-electron chi connectivity index (χ4n) is 1.80. The zero-order chi connectivity index (χ0) is 14.4. The van der Waals surface area contributed by atoms with Gasteiger partial charge in [-0.1, -0.05) is 13.8 Å². The number of hydrogen-bond acceptors (Lipinski definition) is 4. The van der Waals surface area contributed by atoms with E-state index < -0.39 is 0 Å². The molecule has 0 unspecified atom stereocenters. The summed E-state index contributed by atoms with van der Waals surface area (Å²) in [6, 6.07) is 0. The van der Waals surface area contributed by atoms with Crippen LogP contribution >= 0.6 is 0 Å². The molecule has 1 heterocycles. The molecule has 0 fully saturated rings. The average Bonchev–Trinajstić information content (AvgIpc) is 2.76. The van der Waals surface area contributed by atoms with Crippen molar-refractivity contribution < 1.29 is 9.53 Å². The maximum absolute atomic E-state index is 12.3. The van der Waals surface area contributed by atoms with Gasteiger partial charge in [0.05, 0.1) is 19.9 Å². The molecule has 1 aromatic rings. The smallest absolute Gasteiger partial charge is 0.184 e. The Morgan fingerprint density at radius 1 is 1.47 bits per heavy atom. The third-order valence-corrected chi connectivity index (χ3v) is 3.00. The Kier molecular flexibility index (Phi) is 6.02. The highest BCUT2D eigenvalue weighted by molar-refractivity contribution is 5.97. The molecule has 0 saturated carbocycles. The van der Waals surface area contributed by atoms with E-state index in [-0.39, 0.29) is 5.78 Å². The van der Waals surface area contributed by atoms with Crippen LogP contribution in [-0.2, 0) is 6.54 Å². The molecular weight excluding hydrogens is 242 g/mol. The first-order valence-corrected chi connectivity index (χ1v) is 6.73. The third kappa shape index (κ3) is 4.67. The molecular formula is C14H25N3O2. The summed E-state index contributed by atoms with van der Waals surface area (Å²) >= 11 is 0. The van der Waals surface area contributed by atoms with Gasteiger partial charge in [0.15, 0.2) is 11.5 Å². The highest BCUT2D eigenvalue weighted by atomic mass is 16.5. The van der Waals surface area contributed by atoms with Gasteiger partial charge in [-0.2, -0.15) is 5.10 Å². The number of ketones is 1. The van der Waals surface area contributed by atoms with Gasteiger partial charge in [-0.3, -0.25) is 9.48 Å². The molecule has 0 amide bonds. The molecule has 0 spiro atoms. The number of carbonyl (C=O) groups is 1. The lowest BCUT2D eigenvalue weighted by atomic mass is 10.0. The Bertz CT molecular complexity index is 411. The highest BCUT2D eigenvalue weighted by Crippen LogP contribution is 2.21. The van der Waals surface area contributed by atoms with Crippen molar-refractivity contribution in [2.75, 3.05) is 27.7 Å². The largest absolute Gasteiger partial charge is 0.493 e. The van der Waals surface area contributed by atoms with Crippen molar-refractivity contribution >= 4 is 5.78 Å². The monoisotopic (exact) mass is 267 g/mol. The summed E-state index contributed by atoms with van der Waals surface area (Å²) in [5.74, 6) is 1.21. The van der Waals surface area contributed by atoms with Gasteiger partial charge in [0.25, 0.3) is 0 Å². The number of ether oxygens (including phenoxy) is 1. The van der Waals surface area contributed by atoms with Crippen LogP contribution < -0.4 is 4.74 Å². The Morgan fingerprint density at radius 3 is 2.68 bits per heavy atom. The number of carbonyl (C=O) groups excluding carboxylic acids is 1. The maximum Gasteiger partial charge on any atom is 0.184 e. The summed E-state index contributed by atoms with van der Waals surface area (Å²) < 4.78 is 6.99. The minimum atomic E-state index is 0.113. The summed E-state index contributed by atoms with van der Waals surface area (Å²) in [6.45, 7) is 5.77. The quantitative estimate of drug-likeness (QED) is 0.677. The lowest BCUT2D eigenvalue weighted by Gasteiger charge is -2.12. The molecule has 0 saturated heterocycles. The van der Waals surface area contributed by atoms with Crippen molar-refractivity contribution in [3.05, 3.63) is 11.9 Å². The number of likely N-dealkylation sites (N-methyl/N-ethyl adjacent to an activating group) is 1. The van der Waals surface area contributed by atoms with Crippen LogP contribution in [-0.4, -0.2) is 48.2 Å². The van der Waals surface area contributed by atoms with Gasteiger partial charge >= 0.3 is 0 Å². The molecule has 108 valence electrons. The van der Waals surface area contributed by atoms with Crippen LogP contribution in [0.3, 0.4) is 0 Å². The van der Waals surface area contributed by atoms with E-state index in [0.717, 1.165) is 13.0 Å². The number of rotatable bonds is 8. The first-order chi connectivity index (χ1) is 8.95. The summed E-state index contributed by atoms with van der Waals surface area (Å²) in [5.41, 5.74) is 0.602. The SMILES string of the molecule is COc1cnn(CCN(C)C)c1C(=O)CCC(C)C. The molecule has 19 heavy (non-hydrogen) atoms. The van der Waals surface area contributed by atoms with Crippen LogP contribution in [0.2, 0.25) is 0 Å².